The van der Waals surface area contributed by atoms with Gasteiger partial charge in [0.15, 0.2) is 11.5 Å². The Morgan fingerprint density at radius 2 is 1.96 bits per heavy atom. The lowest BCUT2D eigenvalue weighted by Crippen LogP contribution is -2.14. The third kappa shape index (κ3) is 4.32. The van der Waals surface area contributed by atoms with Gasteiger partial charge in [-0.15, -0.1) is 0 Å². The summed E-state index contributed by atoms with van der Waals surface area (Å²) < 4.78 is 11.2. The van der Waals surface area contributed by atoms with Crippen LogP contribution in [0, 0.1) is 0 Å². The molecule has 128 valence electrons. The summed E-state index contributed by atoms with van der Waals surface area (Å²) >= 11 is 6.27. The van der Waals surface area contributed by atoms with Crippen LogP contribution >= 0.6 is 11.6 Å². The Bertz CT molecular complexity index is 719. The zero-order chi connectivity index (χ0) is 17.5. The van der Waals surface area contributed by atoms with E-state index >= 15 is 0 Å². The number of carbonyl (C=O) groups is 1. The Morgan fingerprint density at radius 3 is 2.62 bits per heavy atom. The van der Waals surface area contributed by atoms with Gasteiger partial charge in [0.05, 0.1) is 29.6 Å². The lowest BCUT2D eigenvalue weighted by Gasteiger charge is -2.15. The minimum absolute atomic E-state index is 0.321. The van der Waals surface area contributed by atoms with Crippen molar-refractivity contribution in [1.29, 1.82) is 0 Å². The summed E-state index contributed by atoms with van der Waals surface area (Å²) in [4.78, 5) is 12.5. The molecule has 0 saturated carbocycles. The van der Waals surface area contributed by atoms with Gasteiger partial charge in [0.1, 0.15) is 0 Å². The molecule has 0 heterocycles. The van der Waals surface area contributed by atoms with E-state index in [0.717, 1.165) is 6.42 Å². The maximum absolute atomic E-state index is 12.5. The molecule has 0 aliphatic carbocycles. The van der Waals surface area contributed by atoms with Crippen LogP contribution in [-0.4, -0.2) is 19.1 Å². The fraction of sp³-hybridized carbons (Fsp3) is 0.278. The Hall–Kier alpha value is -2.40. The highest BCUT2D eigenvalue weighted by Crippen LogP contribution is 2.37. The highest BCUT2D eigenvalue weighted by atomic mass is 35.5. The van der Waals surface area contributed by atoms with Crippen molar-refractivity contribution in [2.75, 3.05) is 24.3 Å². The number of nitrogens with two attached hydrogens (primary N) is 1. The number of rotatable bonds is 7. The molecule has 0 atom stereocenters. The van der Waals surface area contributed by atoms with Gasteiger partial charge in [0.2, 0.25) is 0 Å². The van der Waals surface area contributed by atoms with E-state index in [9.17, 15) is 4.79 Å². The zero-order valence-corrected chi connectivity index (χ0v) is 14.5. The van der Waals surface area contributed by atoms with Crippen molar-refractivity contribution in [1.82, 2.24) is 0 Å². The van der Waals surface area contributed by atoms with Crippen LogP contribution in [0.2, 0.25) is 5.02 Å². The van der Waals surface area contributed by atoms with E-state index < -0.39 is 0 Å². The van der Waals surface area contributed by atoms with Gasteiger partial charge >= 0.3 is 0 Å². The van der Waals surface area contributed by atoms with Crippen LogP contribution in [0.25, 0.3) is 0 Å². The summed E-state index contributed by atoms with van der Waals surface area (Å²) in [5.74, 6) is 0.582. The molecule has 0 spiro atoms. The second-order valence-electron chi connectivity index (χ2n) is 5.11. The van der Waals surface area contributed by atoms with Crippen molar-refractivity contribution in [2.24, 2.45) is 0 Å². The van der Waals surface area contributed by atoms with Crippen molar-refractivity contribution in [2.45, 2.75) is 20.3 Å². The number of benzene rings is 2. The summed E-state index contributed by atoms with van der Waals surface area (Å²) in [5.41, 5.74) is 7.25. The quantitative estimate of drug-likeness (QED) is 0.729. The summed E-state index contributed by atoms with van der Waals surface area (Å²) in [6.45, 7) is 4.82. The number of carbonyl (C=O) groups excluding carboxylic acids is 1. The topological polar surface area (TPSA) is 73.6 Å². The second kappa shape index (κ2) is 8.45. The number of hydrogen-bond donors (Lipinski definition) is 2. The molecule has 0 saturated heterocycles. The molecule has 2 aromatic rings. The molecule has 0 aliphatic rings. The number of nitrogens with one attached hydrogen (secondary N) is 1. The van der Waals surface area contributed by atoms with Crippen LogP contribution in [0.3, 0.4) is 0 Å². The number of para-hydroxylation sites is 2. The molecule has 0 radical (unpaired) electrons. The molecule has 5 nitrogen and oxygen atoms in total. The summed E-state index contributed by atoms with van der Waals surface area (Å²) in [6.07, 6.45) is 0.845. The first-order valence-corrected chi connectivity index (χ1v) is 8.19. The van der Waals surface area contributed by atoms with Gasteiger partial charge in [0.25, 0.3) is 5.91 Å². The van der Waals surface area contributed by atoms with Crippen LogP contribution < -0.4 is 20.5 Å². The van der Waals surface area contributed by atoms with Crippen molar-refractivity contribution in [3.63, 3.8) is 0 Å². The molecule has 0 bridgehead atoms. The first-order chi connectivity index (χ1) is 11.6. The van der Waals surface area contributed by atoms with Crippen LogP contribution in [0.5, 0.6) is 11.5 Å². The number of halogens is 1. The second-order valence-corrected chi connectivity index (χ2v) is 5.52. The average Bonchev–Trinajstić information content (AvgIpc) is 2.56. The summed E-state index contributed by atoms with van der Waals surface area (Å²) in [7, 11) is 0. The van der Waals surface area contributed by atoms with Crippen LogP contribution in [0.1, 0.15) is 30.6 Å². The third-order valence-corrected chi connectivity index (χ3v) is 3.51. The van der Waals surface area contributed by atoms with Crippen molar-refractivity contribution < 1.29 is 14.3 Å². The van der Waals surface area contributed by atoms with E-state index in [1.807, 2.05) is 13.8 Å². The standard InChI is InChI=1S/C18H21ClN2O3/c1-3-9-24-17-13(19)10-12(11-16(17)23-4-2)18(22)21-15-8-6-5-7-14(15)20/h5-8,10-11H,3-4,9,20H2,1-2H3,(H,21,22). The van der Waals surface area contributed by atoms with E-state index in [1.54, 1.807) is 36.4 Å². The fourth-order valence-corrected chi connectivity index (χ4v) is 2.38. The number of ether oxygens (including phenoxy) is 2. The molecule has 2 rings (SSSR count). The monoisotopic (exact) mass is 348 g/mol. The Kier molecular flexibility index (Phi) is 6.32. The third-order valence-electron chi connectivity index (χ3n) is 3.23. The minimum atomic E-state index is -0.321. The van der Waals surface area contributed by atoms with E-state index in [0.29, 0.717) is 46.7 Å². The van der Waals surface area contributed by atoms with Gasteiger partial charge in [0, 0.05) is 5.56 Å². The van der Waals surface area contributed by atoms with Gasteiger partial charge in [-0.1, -0.05) is 30.7 Å². The molecule has 0 fully saturated rings. The molecule has 6 heteroatoms. The molecule has 0 unspecified atom stereocenters. The van der Waals surface area contributed by atoms with E-state index in [-0.39, 0.29) is 5.91 Å². The van der Waals surface area contributed by atoms with Crippen molar-refractivity contribution in [3.05, 3.63) is 47.0 Å². The largest absolute Gasteiger partial charge is 0.490 e. The maximum Gasteiger partial charge on any atom is 0.255 e. The number of anilines is 2. The predicted molar refractivity (Wildman–Crippen MR) is 97.2 cm³/mol. The number of nitrogen functional groups attached to an aromatic ring is 1. The van der Waals surface area contributed by atoms with Crippen LogP contribution in [-0.2, 0) is 0 Å². The molecule has 24 heavy (non-hydrogen) atoms. The van der Waals surface area contributed by atoms with E-state index in [1.165, 1.54) is 0 Å². The molecular weight excluding hydrogens is 328 g/mol. The van der Waals surface area contributed by atoms with Gasteiger partial charge in [-0.3, -0.25) is 4.79 Å². The average molecular weight is 349 g/mol. The van der Waals surface area contributed by atoms with Gasteiger partial charge in [-0.05, 0) is 37.6 Å². The molecular formula is C18H21ClN2O3. The molecule has 1 amide bonds. The Balaban J connectivity index is 2.29. The minimum Gasteiger partial charge on any atom is -0.490 e. The molecule has 2 aromatic carbocycles. The van der Waals surface area contributed by atoms with E-state index in [2.05, 4.69) is 5.32 Å². The molecule has 0 aliphatic heterocycles. The van der Waals surface area contributed by atoms with Crippen LogP contribution in [0.15, 0.2) is 36.4 Å². The fourth-order valence-electron chi connectivity index (χ4n) is 2.11. The van der Waals surface area contributed by atoms with Gasteiger partial charge in [-0.2, -0.15) is 0 Å². The number of amides is 1. The zero-order valence-electron chi connectivity index (χ0n) is 13.8. The Morgan fingerprint density at radius 1 is 1.21 bits per heavy atom. The van der Waals surface area contributed by atoms with Gasteiger partial charge < -0.3 is 20.5 Å². The van der Waals surface area contributed by atoms with Gasteiger partial charge in [-0.25, -0.2) is 0 Å². The Labute approximate surface area is 146 Å². The van der Waals surface area contributed by atoms with Crippen molar-refractivity contribution in [3.8, 4) is 11.5 Å². The van der Waals surface area contributed by atoms with E-state index in [4.69, 9.17) is 26.8 Å². The maximum atomic E-state index is 12.5. The normalized spacial score (nSPS) is 10.3. The predicted octanol–water partition coefficient (Wildman–Crippen LogP) is 4.36. The number of hydrogen-bond acceptors (Lipinski definition) is 4. The molecule has 0 aromatic heterocycles. The SMILES string of the molecule is CCCOc1c(Cl)cc(C(=O)Nc2ccccc2N)cc1OCC. The first kappa shape index (κ1) is 17.9. The van der Waals surface area contributed by atoms with Crippen molar-refractivity contribution >= 4 is 28.9 Å². The smallest absolute Gasteiger partial charge is 0.255 e. The first-order valence-electron chi connectivity index (χ1n) is 7.81. The lowest BCUT2D eigenvalue weighted by molar-refractivity contribution is 0.102. The summed E-state index contributed by atoms with van der Waals surface area (Å²) in [6, 6.07) is 10.2. The lowest BCUT2D eigenvalue weighted by atomic mass is 10.1. The summed E-state index contributed by atoms with van der Waals surface area (Å²) in [5, 5.41) is 3.10. The highest BCUT2D eigenvalue weighted by Gasteiger charge is 2.17. The molecule has 3 N–H and O–H groups in total. The van der Waals surface area contributed by atoms with Crippen LogP contribution in [0.4, 0.5) is 11.4 Å². The highest BCUT2D eigenvalue weighted by molar-refractivity contribution is 6.32.